The molecule has 0 aromatic heterocycles. The summed E-state index contributed by atoms with van der Waals surface area (Å²) in [5.74, 6) is -0.355. The lowest BCUT2D eigenvalue weighted by molar-refractivity contribution is -0.195. The van der Waals surface area contributed by atoms with E-state index < -0.39 is 17.5 Å². The first kappa shape index (κ1) is 31.8. The molecule has 4 fully saturated rings. The number of hydrogen-bond donors (Lipinski definition) is 2. The van der Waals surface area contributed by atoms with Crippen molar-refractivity contribution < 1.29 is 19.7 Å². The maximum atomic E-state index is 12.6. The Bertz CT molecular complexity index is 1190. The highest BCUT2D eigenvalue weighted by atomic mass is 16.5. The number of allylic oxidation sites excluding steroid dienone is 2. The van der Waals surface area contributed by atoms with Crippen LogP contribution in [0.15, 0.2) is 42.0 Å². The number of aliphatic hydroxyl groups excluding tert-OH is 1. The zero-order valence-corrected chi connectivity index (χ0v) is 27.8. The molecule has 1 aromatic rings. The average molecular weight is 579 g/mol. The molecule has 1 unspecified atom stereocenters. The second-order valence-corrected chi connectivity index (χ2v) is 16.9. The fourth-order valence-corrected chi connectivity index (χ4v) is 10.9. The van der Waals surface area contributed by atoms with Crippen LogP contribution < -0.4 is 0 Å². The van der Waals surface area contributed by atoms with Crippen LogP contribution in [0.1, 0.15) is 125 Å². The van der Waals surface area contributed by atoms with Crippen molar-refractivity contribution in [3.63, 3.8) is 0 Å². The molecule has 0 bridgehead atoms. The Kier molecular flexibility index (Phi) is 8.14. The zero-order valence-electron chi connectivity index (χ0n) is 27.8. The van der Waals surface area contributed by atoms with Gasteiger partial charge in [-0.05, 0) is 110 Å². The van der Waals surface area contributed by atoms with Crippen LogP contribution in [0.25, 0.3) is 0 Å². The summed E-state index contributed by atoms with van der Waals surface area (Å²) in [6, 6.07) is 10.6. The summed E-state index contributed by atoms with van der Waals surface area (Å²) < 4.78 is 6.88. The Morgan fingerprint density at radius 3 is 2.29 bits per heavy atom. The Morgan fingerprint density at radius 1 is 0.952 bits per heavy atom. The van der Waals surface area contributed by atoms with Gasteiger partial charge in [0.25, 0.3) is 0 Å². The van der Waals surface area contributed by atoms with E-state index in [1.807, 2.05) is 6.92 Å². The average Bonchev–Trinajstić information content (AvgIpc) is 2.92. The van der Waals surface area contributed by atoms with Crippen LogP contribution in [0.3, 0.4) is 0 Å². The summed E-state index contributed by atoms with van der Waals surface area (Å²) in [5, 5.41) is 21.3. The van der Waals surface area contributed by atoms with E-state index >= 15 is 0 Å². The minimum Gasteiger partial charge on any atom is -0.481 e. The number of aliphatic hydroxyl groups is 1. The first-order chi connectivity index (χ1) is 19.5. The van der Waals surface area contributed by atoms with Gasteiger partial charge in [0.05, 0.1) is 24.2 Å². The van der Waals surface area contributed by atoms with Crippen LogP contribution in [0, 0.1) is 44.3 Å². The van der Waals surface area contributed by atoms with Gasteiger partial charge in [0.1, 0.15) is 0 Å². The smallest absolute Gasteiger partial charge is 0.312 e. The highest BCUT2D eigenvalue weighted by Gasteiger charge is 2.66. The van der Waals surface area contributed by atoms with Crippen LogP contribution in [0.5, 0.6) is 0 Å². The number of benzene rings is 1. The lowest BCUT2D eigenvalue weighted by Crippen LogP contribution is -2.62. The normalized spacial score (nSPS) is 46.1. The molecule has 4 nitrogen and oxygen atoms in total. The maximum absolute atomic E-state index is 12.6. The summed E-state index contributed by atoms with van der Waals surface area (Å²) in [4.78, 5) is 12.6. The fourth-order valence-electron chi connectivity index (χ4n) is 10.9. The van der Waals surface area contributed by atoms with Gasteiger partial charge in [0.2, 0.25) is 0 Å². The van der Waals surface area contributed by atoms with E-state index in [0.717, 1.165) is 51.4 Å². The minimum atomic E-state index is -1.07. The topological polar surface area (TPSA) is 66.8 Å². The first-order valence-corrected chi connectivity index (χ1v) is 16.8. The maximum Gasteiger partial charge on any atom is 0.312 e. The van der Waals surface area contributed by atoms with Crippen molar-refractivity contribution in [2.75, 3.05) is 0 Å². The molecular formula is C38H58O4. The lowest BCUT2D eigenvalue weighted by Gasteiger charge is -2.67. The van der Waals surface area contributed by atoms with Crippen molar-refractivity contribution >= 4 is 5.97 Å². The van der Waals surface area contributed by atoms with E-state index in [1.54, 1.807) is 5.57 Å². The van der Waals surface area contributed by atoms with Gasteiger partial charge in [0, 0.05) is 5.41 Å². The number of ether oxygens (including phenoxy) is 1. The van der Waals surface area contributed by atoms with Crippen LogP contribution in [0.2, 0.25) is 0 Å². The molecule has 0 aliphatic heterocycles. The van der Waals surface area contributed by atoms with Crippen LogP contribution in [-0.2, 0) is 16.1 Å². The van der Waals surface area contributed by atoms with Crippen molar-refractivity contribution in [2.24, 2.45) is 44.3 Å². The van der Waals surface area contributed by atoms with Crippen molar-refractivity contribution in [3.05, 3.63) is 47.5 Å². The van der Waals surface area contributed by atoms with E-state index in [9.17, 15) is 15.0 Å². The summed E-state index contributed by atoms with van der Waals surface area (Å²) in [6.07, 6.45) is 12.1. The molecule has 4 saturated carbocycles. The Balaban J connectivity index is 1.48. The largest absolute Gasteiger partial charge is 0.481 e. The van der Waals surface area contributed by atoms with Crippen molar-refractivity contribution in [1.29, 1.82) is 0 Å². The van der Waals surface area contributed by atoms with E-state index in [1.165, 1.54) is 12.0 Å². The second kappa shape index (κ2) is 10.8. The number of aliphatic carboxylic acids is 1. The number of hydrogen-bond acceptors (Lipinski definition) is 3. The SMILES string of the molecule is CC/C=C1/[C@@H]2CC(C)(C)C[C@@H](OCc3ccccc3)[C@]2(C)CC[C@@]1(C)[C@]1(C)CCC2[C@](C)(CC[C@H](O)[C@]2(C)C(=O)O)C1. The van der Waals surface area contributed by atoms with Gasteiger partial charge in [-0.2, -0.15) is 0 Å². The van der Waals surface area contributed by atoms with Gasteiger partial charge in [-0.1, -0.05) is 90.4 Å². The molecule has 0 saturated heterocycles. The van der Waals surface area contributed by atoms with Gasteiger partial charge in [0.15, 0.2) is 0 Å². The van der Waals surface area contributed by atoms with E-state index in [0.29, 0.717) is 18.9 Å². The van der Waals surface area contributed by atoms with Crippen LogP contribution in [-0.4, -0.2) is 28.4 Å². The third kappa shape index (κ3) is 4.91. The van der Waals surface area contributed by atoms with Crippen LogP contribution in [0.4, 0.5) is 0 Å². The fraction of sp³-hybridized carbons (Fsp3) is 0.763. The molecule has 0 radical (unpaired) electrons. The Labute approximate surface area is 255 Å². The third-order valence-electron chi connectivity index (χ3n) is 13.7. The highest BCUT2D eigenvalue weighted by molar-refractivity contribution is 5.76. The lowest BCUT2D eigenvalue weighted by atomic mass is 9.38. The first-order valence-electron chi connectivity index (χ1n) is 16.8. The van der Waals surface area contributed by atoms with Gasteiger partial charge < -0.3 is 14.9 Å². The third-order valence-corrected chi connectivity index (χ3v) is 13.7. The predicted molar refractivity (Wildman–Crippen MR) is 170 cm³/mol. The summed E-state index contributed by atoms with van der Waals surface area (Å²) >= 11 is 0. The molecule has 4 aliphatic carbocycles. The Morgan fingerprint density at radius 2 is 1.64 bits per heavy atom. The number of fused-ring (bicyclic) bond motifs is 2. The van der Waals surface area contributed by atoms with Crippen molar-refractivity contribution in [3.8, 4) is 0 Å². The molecule has 4 heteroatoms. The molecule has 0 spiro atoms. The van der Waals surface area contributed by atoms with E-state index in [-0.39, 0.29) is 39.1 Å². The number of rotatable bonds is 6. The number of carboxylic acids is 1. The molecule has 4 aliphatic rings. The molecule has 9 atom stereocenters. The van der Waals surface area contributed by atoms with Gasteiger partial charge in [-0.3, -0.25) is 4.79 Å². The summed E-state index contributed by atoms with van der Waals surface area (Å²) in [5.41, 5.74) is 2.16. The Hall–Kier alpha value is -1.65. The van der Waals surface area contributed by atoms with E-state index in [2.05, 4.69) is 84.9 Å². The number of carbonyl (C=O) groups is 1. The van der Waals surface area contributed by atoms with Gasteiger partial charge in [-0.25, -0.2) is 0 Å². The molecule has 234 valence electrons. The predicted octanol–water partition coefficient (Wildman–Crippen LogP) is 9.21. The monoisotopic (exact) mass is 578 g/mol. The van der Waals surface area contributed by atoms with E-state index in [4.69, 9.17) is 4.74 Å². The second-order valence-electron chi connectivity index (χ2n) is 16.9. The van der Waals surface area contributed by atoms with Gasteiger partial charge in [-0.15, -0.1) is 0 Å². The van der Waals surface area contributed by atoms with Gasteiger partial charge >= 0.3 is 5.97 Å². The molecule has 0 heterocycles. The molecule has 5 rings (SSSR count). The molecular weight excluding hydrogens is 520 g/mol. The minimum absolute atomic E-state index is 0.000216. The standard InChI is InChI=1S/C38H58O4/c1-9-13-27-28-22-33(2,3)23-31(42-24-26-14-11-10-12-15-26)36(28,6)20-21-37(27,7)35(5)19-16-29-34(4,25-35)18-17-30(39)38(29,8)32(40)41/h10-15,28-31,39H,9,16-25H2,1-8H3,(H,40,41)/b27-13-/t28-,29?,30-,31+,34+,35+,36+,37+,38+/m0/s1. The molecule has 2 N–H and O–H groups in total. The van der Waals surface area contributed by atoms with Crippen LogP contribution >= 0.6 is 0 Å². The van der Waals surface area contributed by atoms with Crippen molar-refractivity contribution in [1.82, 2.24) is 0 Å². The van der Waals surface area contributed by atoms with Crippen molar-refractivity contribution in [2.45, 2.75) is 138 Å². The quantitative estimate of drug-likeness (QED) is 0.330. The highest BCUT2D eigenvalue weighted by Crippen LogP contribution is 2.71. The summed E-state index contributed by atoms with van der Waals surface area (Å²) in [7, 11) is 0. The molecule has 42 heavy (non-hydrogen) atoms. The molecule has 1 aromatic carbocycles. The number of carboxylic acid groups (broad SMARTS) is 1. The zero-order chi connectivity index (χ0) is 30.8. The molecule has 0 amide bonds. The summed E-state index contributed by atoms with van der Waals surface area (Å²) in [6.45, 7) is 19.6.